The van der Waals surface area contributed by atoms with Gasteiger partial charge in [0.05, 0.1) is 5.25 Å². The van der Waals surface area contributed by atoms with Gasteiger partial charge in [0.25, 0.3) is 0 Å². The molecule has 3 heteroatoms. The predicted octanol–water partition coefficient (Wildman–Crippen LogP) is 2.93. The maximum Gasteiger partial charge on any atom is 0.236 e. The van der Waals surface area contributed by atoms with Gasteiger partial charge in [-0.3, -0.25) is 4.79 Å². The Labute approximate surface area is 115 Å². The summed E-state index contributed by atoms with van der Waals surface area (Å²) in [7, 11) is 0. The van der Waals surface area contributed by atoms with Crippen LogP contribution in [0.25, 0.3) is 0 Å². The number of hydrogen-bond donors (Lipinski definition) is 1. The molecule has 18 heavy (non-hydrogen) atoms. The van der Waals surface area contributed by atoms with Crippen molar-refractivity contribution >= 4 is 18.5 Å². The van der Waals surface area contributed by atoms with Crippen LogP contribution in [0.1, 0.15) is 32.3 Å². The Morgan fingerprint density at radius 1 is 1.39 bits per heavy atom. The van der Waals surface area contributed by atoms with E-state index in [-0.39, 0.29) is 16.7 Å². The average molecular weight is 263 g/mol. The van der Waals surface area contributed by atoms with Crippen molar-refractivity contribution in [3.8, 4) is 0 Å². The van der Waals surface area contributed by atoms with Gasteiger partial charge in [-0.2, -0.15) is 12.6 Å². The van der Waals surface area contributed by atoms with Crippen molar-refractivity contribution in [2.45, 2.75) is 43.9 Å². The van der Waals surface area contributed by atoms with Gasteiger partial charge in [0, 0.05) is 12.1 Å². The minimum atomic E-state index is -0.232. The lowest BCUT2D eigenvalue weighted by Gasteiger charge is -2.33. The van der Waals surface area contributed by atoms with E-state index >= 15 is 0 Å². The highest BCUT2D eigenvalue weighted by Gasteiger charge is 2.37. The van der Waals surface area contributed by atoms with E-state index in [4.69, 9.17) is 0 Å². The topological polar surface area (TPSA) is 20.3 Å². The van der Waals surface area contributed by atoms with E-state index in [0.29, 0.717) is 6.42 Å². The first kappa shape index (κ1) is 13.5. The summed E-state index contributed by atoms with van der Waals surface area (Å²) in [5, 5.41) is -0.232. The Morgan fingerprint density at radius 3 is 2.61 bits per heavy atom. The normalized spacial score (nSPS) is 19.8. The molecule has 1 amide bonds. The number of hydrogen-bond acceptors (Lipinski definition) is 2. The molecule has 1 atom stereocenters. The molecule has 1 aliphatic heterocycles. The van der Waals surface area contributed by atoms with Gasteiger partial charge in [-0.1, -0.05) is 30.3 Å². The van der Waals surface area contributed by atoms with Gasteiger partial charge in [0.2, 0.25) is 5.91 Å². The van der Waals surface area contributed by atoms with Crippen LogP contribution in [0, 0.1) is 0 Å². The highest BCUT2D eigenvalue weighted by atomic mass is 32.1. The number of carbonyl (C=O) groups is 1. The number of carbonyl (C=O) groups excluding carboxylic acids is 1. The summed E-state index contributed by atoms with van der Waals surface area (Å²) in [6.07, 6.45) is 2.89. The quantitative estimate of drug-likeness (QED) is 0.831. The second-order valence-corrected chi connectivity index (χ2v) is 6.23. The van der Waals surface area contributed by atoms with Crippen molar-refractivity contribution < 1.29 is 4.79 Å². The first-order chi connectivity index (χ1) is 8.50. The molecule has 0 bridgehead atoms. The molecule has 0 aromatic heterocycles. The second kappa shape index (κ2) is 5.35. The van der Waals surface area contributed by atoms with Crippen LogP contribution in [0.2, 0.25) is 0 Å². The van der Waals surface area contributed by atoms with Crippen LogP contribution >= 0.6 is 12.6 Å². The number of benzene rings is 1. The smallest absolute Gasteiger partial charge is 0.236 e. The summed E-state index contributed by atoms with van der Waals surface area (Å²) in [4.78, 5) is 14.4. The molecule has 1 unspecified atom stereocenters. The first-order valence-corrected chi connectivity index (χ1v) is 7.06. The third-order valence-corrected chi connectivity index (χ3v) is 4.13. The Bertz CT molecular complexity index is 416. The van der Waals surface area contributed by atoms with Crippen molar-refractivity contribution in [2.24, 2.45) is 0 Å². The summed E-state index contributed by atoms with van der Waals surface area (Å²) < 4.78 is 0. The number of likely N-dealkylation sites (tertiary alicyclic amines) is 1. The van der Waals surface area contributed by atoms with Crippen molar-refractivity contribution in [1.82, 2.24) is 4.90 Å². The molecule has 1 fully saturated rings. The van der Waals surface area contributed by atoms with Crippen LogP contribution in [0.5, 0.6) is 0 Å². The van der Waals surface area contributed by atoms with E-state index in [2.05, 4.69) is 26.5 Å². The van der Waals surface area contributed by atoms with Crippen molar-refractivity contribution in [1.29, 1.82) is 0 Å². The van der Waals surface area contributed by atoms with Crippen LogP contribution in [0.4, 0.5) is 0 Å². The molecular weight excluding hydrogens is 242 g/mol. The average Bonchev–Trinajstić information content (AvgIpc) is 2.69. The number of nitrogens with zero attached hydrogens (tertiary/aromatic N) is 1. The molecule has 2 rings (SSSR count). The fraction of sp³-hybridized carbons (Fsp3) is 0.533. The monoisotopic (exact) mass is 263 g/mol. The molecule has 1 aliphatic rings. The van der Waals surface area contributed by atoms with Gasteiger partial charge < -0.3 is 4.90 Å². The van der Waals surface area contributed by atoms with Crippen molar-refractivity contribution in [3.63, 3.8) is 0 Å². The van der Waals surface area contributed by atoms with E-state index in [1.54, 1.807) is 0 Å². The fourth-order valence-corrected chi connectivity index (χ4v) is 2.97. The maximum atomic E-state index is 12.4. The molecule has 98 valence electrons. The molecule has 0 spiro atoms. The number of amides is 1. The summed E-state index contributed by atoms with van der Waals surface area (Å²) >= 11 is 4.50. The zero-order valence-electron chi connectivity index (χ0n) is 11.1. The molecular formula is C15H21NOS. The second-order valence-electron chi connectivity index (χ2n) is 5.61. The van der Waals surface area contributed by atoms with Gasteiger partial charge >= 0.3 is 0 Å². The van der Waals surface area contributed by atoms with Gasteiger partial charge in [0.15, 0.2) is 0 Å². The molecule has 0 saturated carbocycles. The minimum absolute atomic E-state index is 0.00521. The van der Waals surface area contributed by atoms with Crippen LogP contribution in [0.3, 0.4) is 0 Å². The fourth-order valence-electron chi connectivity index (χ4n) is 2.62. The predicted molar refractivity (Wildman–Crippen MR) is 77.9 cm³/mol. The van der Waals surface area contributed by atoms with E-state index in [0.717, 1.165) is 19.4 Å². The van der Waals surface area contributed by atoms with Gasteiger partial charge in [-0.05, 0) is 38.7 Å². The molecule has 0 N–H and O–H groups in total. The van der Waals surface area contributed by atoms with Crippen LogP contribution in [-0.2, 0) is 11.2 Å². The van der Waals surface area contributed by atoms with Crippen LogP contribution in [0.15, 0.2) is 30.3 Å². The summed E-state index contributed by atoms with van der Waals surface area (Å²) in [5.74, 6) is 0.171. The van der Waals surface area contributed by atoms with Crippen molar-refractivity contribution in [3.05, 3.63) is 35.9 Å². The molecule has 1 saturated heterocycles. The zero-order valence-corrected chi connectivity index (χ0v) is 12.0. The SMILES string of the molecule is CC1(C)CCCN1C(=O)C(S)Cc1ccccc1. The standard InChI is InChI=1S/C15H21NOS/c1-15(2)9-6-10-16(15)14(17)13(18)11-12-7-4-3-5-8-12/h3-5,7-8,13,18H,6,9-11H2,1-2H3. The number of thiol groups is 1. The first-order valence-electron chi connectivity index (χ1n) is 6.54. The summed E-state index contributed by atoms with van der Waals surface area (Å²) in [5.41, 5.74) is 1.16. The van der Waals surface area contributed by atoms with E-state index in [1.165, 1.54) is 5.56 Å². The third-order valence-electron chi connectivity index (χ3n) is 3.72. The van der Waals surface area contributed by atoms with Crippen LogP contribution < -0.4 is 0 Å². The molecule has 1 aromatic rings. The largest absolute Gasteiger partial charge is 0.337 e. The number of rotatable bonds is 3. The Kier molecular flexibility index (Phi) is 4.00. The van der Waals surface area contributed by atoms with Crippen molar-refractivity contribution in [2.75, 3.05) is 6.54 Å². The third kappa shape index (κ3) is 2.89. The lowest BCUT2D eigenvalue weighted by molar-refractivity contribution is -0.133. The van der Waals surface area contributed by atoms with E-state index in [9.17, 15) is 4.79 Å². The van der Waals surface area contributed by atoms with Gasteiger partial charge in [-0.25, -0.2) is 0 Å². The van der Waals surface area contributed by atoms with E-state index < -0.39 is 0 Å². The molecule has 0 aliphatic carbocycles. The lowest BCUT2D eigenvalue weighted by atomic mass is 10.0. The Hall–Kier alpha value is -0.960. The summed E-state index contributed by atoms with van der Waals surface area (Å²) in [6.45, 7) is 5.15. The van der Waals surface area contributed by atoms with Gasteiger partial charge in [-0.15, -0.1) is 0 Å². The molecule has 1 aromatic carbocycles. The highest BCUT2D eigenvalue weighted by Crippen LogP contribution is 2.29. The zero-order chi connectivity index (χ0) is 13.2. The highest BCUT2D eigenvalue weighted by molar-refractivity contribution is 7.81. The molecule has 2 nitrogen and oxygen atoms in total. The molecule has 1 heterocycles. The van der Waals surface area contributed by atoms with Gasteiger partial charge in [0.1, 0.15) is 0 Å². The van der Waals surface area contributed by atoms with Crippen LogP contribution in [-0.4, -0.2) is 28.1 Å². The van der Waals surface area contributed by atoms with E-state index in [1.807, 2.05) is 35.2 Å². The molecule has 0 radical (unpaired) electrons. The minimum Gasteiger partial charge on any atom is -0.337 e. The lowest BCUT2D eigenvalue weighted by Crippen LogP contribution is -2.46. The Morgan fingerprint density at radius 2 is 2.06 bits per heavy atom. The summed E-state index contributed by atoms with van der Waals surface area (Å²) in [6, 6.07) is 10.1. The maximum absolute atomic E-state index is 12.4. The Balaban J connectivity index is 2.01.